The van der Waals surface area contributed by atoms with Gasteiger partial charge in [-0.15, -0.1) is 0 Å². The van der Waals surface area contributed by atoms with Crippen LogP contribution >= 0.6 is 0 Å². The molecule has 0 radical (unpaired) electrons. The van der Waals surface area contributed by atoms with E-state index in [1.54, 1.807) is 0 Å². The van der Waals surface area contributed by atoms with Crippen LogP contribution in [0.15, 0.2) is 0 Å². The maximum Gasteiger partial charge on any atom is 0.327 e. The van der Waals surface area contributed by atoms with Crippen LogP contribution in [0.3, 0.4) is 0 Å². The molecule has 0 spiro atoms. The van der Waals surface area contributed by atoms with Crippen molar-refractivity contribution in [3.63, 3.8) is 0 Å². The summed E-state index contributed by atoms with van der Waals surface area (Å²) in [5.41, 5.74) is 10.4. The Labute approximate surface area is 120 Å². The molecule has 2 amide bonds. The van der Waals surface area contributed by atoms with Crippen molar-refractivity contribution in [2.75, 3.05) is 6.54 Å². The van der Waals surface area contributed by atoms with Gasteiger partial charge < -0.3 is 32.3 Å². The van der Waals surface area contributed by atoms with Crippen molar-refractivity contribution in [3.05, 3.63) is 0 Å². The van der Waals surface area contributed by atoms with Crippen LogP contribution < -0.4 is 22.1 Å². The zero-order chi connectivity index (χ0) is 16.6. The van der Waals surface area contributed by atoms with Crippen LogP contribution in [0.25, 0.3) is 0 Å². The summed E-state index contributed by atoms with van der Waals surface area (Å²) >= 11 is 0. The molecule has 0 aliphatic rings. The van der Waals surface area contributed by atoms with Gasteiger partial charge in [0.05, 0.1) is 0 Å². The number of amides is 2. The second-order valence-electron chi connectivity index (χ2n) is 4.41. The van der Waals surface area contributed by atoms with Crippen LogP contribution in [0.4, 0.5) is 0 Å². The molecule has 0 saturated heterocycles. The Kier molecular flexibility index (Phi) is 7.94. The number of carbonyl (C=O) groups is 4. The van der Waals surface area contributed by atoms with E-state index < -0.39 is 41.9 Å². The molecule has 0 aromatic rings. The van der Waals surface area contributed by atoms with E-state index in [0.717, 1.165) is 0 Å². The summed E-state index contributed by atoms with van der Waals surface area (Å²) in [6.45, 7) is 1.08. The molecular weight excluding hydrogens is 284 g/mol. The number of hydrogen-bond acceptors (Lipinski definition) is 6. The van der Waals surface area contributed by atoms with E-state index in [1.165, 1.54) is 6.92 Å². The van der Waals surface area contributed by atoms with E-state index in [0.29, 0.717) is 0 Å². The number of hydrogen-bond donors (Lipinski definition) is 6. The number of carboxylic acids is 2. The van der Waals surface area contributed by atoms with E-state index in [9.17, 15) is 19.2 Å². The first-order valence-electron chi connectivity index (χ1n) is 6.20. The van der Waals surface area contributed by atoms with Crippen molar-refractivity contribution in [2.24, 2.45) is 11.5 Å². The molecule has 8 N–H and O–H groups in total. The molecule has 10 heteroatoms. The Morgan fingerprint density at radius 2 is 1.67 bits per heavy atom. The number of aliphatic carboxylic acids is 2. The Hall–Kier alpha value is -2.20. The van der Waals surface area contributed by atoms with Crippen LogP contribution in [0.2, 0.25) is 0 Å². The molecule has 120 valence electrons. The summed E-state index contributed by atoms with van der Waals surface area (Å²) in [6.07, 6.45) is -0.236. The molecule has 0 bridgehead atoms. The smallest absolute Gasteiger partial charge is 0.327 e. The fourth-order valence-electron chi connectivity index (χ4n) is 1.31. The predicted molar refractivity (Wildman–Crippen MR) is 71.1 cm³/mol. The molecule has 0 rings (SSSR count). The van der Waals surface area contributed by atoms with E-state index >= 15 is 0 Å². The average Bonchev–Trinajstić information content (AvgIpc) is 2.40. The molecule has 0 heterocycles. The van der Waals surface area contributed by atoms with Gasteiger partial charge in [-0.3, -0.25) is 14.4 Å². The van der Waals surface area contributed by atoms with Gasteiger partial charge >= 0.3 is 11.9 Å². The molecule has 0 aliphatic carbocycles. The van der Waals surface area contributed by atoms with Gasteiger partial charge in [-0.25, -0.2) is 4.79 Å². The lowest BCUT2D eigenvalue weighted by Crippen LogP contribution is -2.52. The second kappa shape index (κ2) is 8.87. The highest BCUT2D eigenvalue weighted by molar-refractivity contribution is 5.90. The van der Waals surface area contributed by atoms with E-state index in [2.05, 4.69) is 10.6 Å². The molecule has 3 atom stereocenters. The van der Waals surface area contributed by atoms with Crippen LogP contribution in [0, 0.1) is 0 Å². The van der Waals surface area contributed by atoms with Gasteiger partial charge in [0.2, 0.25) is 11.8 Å². The van der Waals surface area contributed by atoms with Gasteiger partial charge in [-0.2, -0.15) is 0 Å². The number of nitrogens with one attached hydrogen (secondary N) is 2. The number of carboxylic acid groups (broad SMARTS) is 2. The predicted octanol–water partition coefficient (Wildman–Crippen LogP) is -2.79. The van der Waals surface area contributed by atoms with Gasteiger partial charge in [-0.05, 0) is 13.3 Å². The van der Waals surface area contributed by atoms with Gasteiger partial charge in [0.15, 0.2) is 0 Å². The molecular formula is C11H20N4O6. The van der Waals surface area contributed by atoms with Crippen LogP contribution in [0.1, 0.15) is 19.8 Å². The van der Waals surface area contributed by atoms with Crippen molar-refractivity contribution >= 4 is 23.8 Å². The number of rotatable bonds is 9. The third kappa shape index (κ3) is 7.22. The zero-order valence-corrected chi connectivity index (χ0v) is 11.5. The molecule has 21 heavy (non-hydrogen) atoms. The van der Waals surface area contributed by atoms with E-state index in [1.807, 2.05) is 0 Å². The molecule has 0 saturated carbocycles. The first-order valence-corrected chi connectivity index (χ1v) is 6.20. The lowest BCUT2D eigenvalue weighted by Gasteiger charge is -2.17. The number of carbonyl (C=O) groups excluding carboxylic acids is 2. The molecule has 10 nitrogen and oxygen atoms in total. The quantitative estimate of drug-likeness (QED) is 0.264. The maximum atomic E-state index is 11.6. The van der Waals surface area contributed by atoms with Gasteiger partial charge in [0, 0.05) is 13.0 Å². The summed E-state index contributed by atoms with van der Waals surface area (Å²) in [5.74, 6) is -3.77. The van der Waals surface area contributed by atoms with Gasteiger partial charge in [0.25, 0.3) is 0 Å². The standard InChI is InChI=1S/C11H20N4O6/c1-5(9(17)15-7(4-12)11(20)21)14-8(16)3-2-6(13)10(18)19/h5-7H,2-4,12-13H2,1H3,(H,14,16)(H,15,17)(H,18,19)(H,20,21)/t5-,6-,7+/m1/s1. The normalized spacial score (nSPS) is 14.6. The molecule has 0 fully saturated rings. The van der Waals surface area contributed by atoms with Crippen molar-refractivity contribution < 1.29 is 29.4 Å². The highest BCUT2D eigenvalue weighted by Gasteiger charge is 2.23. The molecule has 0 aromatic heterocycles. The van der Waals surface area contributed by atoms with Crippen LogP contribution in [-0.4, -0.2) is 58.6 Å². The van der Waals surface area contributed by atoms with Crippen LogP contribution in [0.5, 0.6) is 0 Å². The van der Waals surface area contributed by atoms with Crippen molar-refractivity contribution in [1.29, 1.82) is 0 Å². The molecule has 0 unspecified atom stereocenters. The van der Waals surface area contributed by atoms with Crippen LogP contribution in [-0.2, 0) is 19.2 Å². The topological polar surface area (TPSA) is 185 Å². The minimum Gasteiger partial charge on any atom is -0.480 e. The largest absolute Gasteiger partial charge is 0.480 e. The fraction of sp³-hybridized carbons (Fsp3) is 0.636. The van der Waals surface area contributed by atoms with Crippen molar-refractivity contribution in [3.8, 4) is 0 Å². The van der Waals surface area contributed by atoms with Gasteiger partial charge in [0.1, 0.15) is 18.1 Å². The molecule has 0 aliphatic heterocycles. The summed E-state index contributed by atoms with van der Waals surface area (Å²) < 4.78 is 0. The first kappa shape index (κ1) is 18.8. The lowest BCUT2D eigenvalue weighted by molar-refractivity contribution is -0.141. The summed E-state index contributed by atoms with van der Waals surface area (Å²) in [4.78, 5) is 44.3. The monoisotopic (exact) mass is 304 g/mol. The minimum atomic E-state index is -1.28. The lowest BCUT2D eigenvalue weighted by atomic mass is 10.1. The Balaban J connectivity index is 4.25. The summed E-state index contributed by atoms with van der Waals surface area (Å²) in [6, 6.07) is -3.38. The number of nitrogens with two attached hydrogens (primary N) is 2. The summed E-state index contributed by atoms with van der Waals surface area (Å²) in [5, 5.41) is 21.8. The SMILES string of the molecule is C[C@@H](NC(=O)CC[C@@H](N)C(=O)O)C(=O)N[C@@H](CN)C(=O)O. The average molecular weight is 304 g/mol. The molecule has 0 aromatic carbocycles. The Bertz CT molecular complexity index is 414. The first-order chi connectivity index (χ1) is 9.68. The van der Waals surface area contributed by atoms with E-state index in [-0.39, 0.29) is 19.4 Å². The summed E-state index contributed by atoms with van der Waals surface area (Å²) in [7, 11) is 0. The Morgan fingerprint density at radius 1 is 1.10 bits per heavy atom. The van der Waals surface area contributed by atoms with Crippen molar-refractivity contribution in [2.45, 2.75) is 37.9 Å². The minimum absolute atomic E-state index is 0.0734. The maximum absolute atomic E-state index is 11.6. The third-order valence-electron chi connectivity index (χ3n) is 2.62. The Morgan fingerprint density at radius 3 is 2.10 bits per heavy atom. The third-order valence-corrected chi connectivity index (χ3v) is 2.62. The van der Waals surface area contributed by atoms with Gasteiger partial charge in [-0.1, -0.05) is 0 Å². The zero-order valence-electron chi connectivity index (χ0n) is 11.5. The highest BCUT2D eigenvalue weighted by Crippen LogP contribution is 1.96. The highest BCUT2D eigenvalue weighted by atomic mass is 16.4. The second-order valence-corrected chi connectivity index (χ2v) is 4.41. The fourth-order valence-corrected chi connectivity index (χ4v) is 1.31. The van der Waals surface area contributed by atoms with Crippen molar-refractivity contribution in [1.82, 2.24) is 10.6 Å². The van der Waals surface area contributed by atoms with E-state index in [4.69, 9.17) is 21.7 Å².